The molecule has 0 aromatic heterocycles. The molecule has 1 aromatic carbocycles. The lowest BCUT2D eigenvalue weighted by Gasteiger charge is -2.12. The first-order chi connectivity index (χ1) is 8.88. The van der Waals surface area contributed by atoms with Gasteiger partial charge in [0, 0.05) is 12.2 Å². The molecule has 4 N–H and O–H groups in total. The Morgan fingerprint density at radius 1 is 1.32 bits per heavy atom. The molecule has 6 nitrogen and oxygen atoms in total. The standard InChI is InChI=1S/C13H19N3O3/c1-16(2)8-9-3-5-10(6-4-9)15-13(19)11(14)7-12(17)18/h3-6,11H,7-8,14H2,1-2H3,(H,15,19)(H,17,18). The molecule has 0 aliphatic carbocycles. The summed E-state index contributed by atoms with van der Waals surface area (Å²) < 4.78 is 0. The normalized spacial score (nSPS) is 12.2. The molecule has 0 saturated carbocycles. The summed E-state index contributed by atoms with van der Waals surface area (Å²) in [4.78, 5) is 24.1. The van der Waals surface area contributed by atoms with Crippen LogP contribution in [0.3, 0.4) is 0 Å². The summed E-state index contributed by atoms with van der Waals surface area (Å²) in [5.74, 6) is -1.59. The van der Waals surface area contributed by atoms with Gasteiger partial charge < -0.3 is 21.1 Å². The van der Waals surface area contributed by atoms with Crippen LogP contribution in [0.4, 0.5) is 5.69 Å². The van der Waals surface area contributed by atoms with Crippen LogP contribution >= 0.6 is 0 Å². The van der Waals surface area contributed by atoms with Crippen molar-refractivity contribution in [2.75, 3.05) is 19.4 Å². The van der Waals surface area contributed by atoms with Crippen LogP contribution in [0.5, 0.6) is 0 Å². The van der Waals surface area contributed by atoms with E-state index in [0.717, 1.165) is 12.1 Å². The fraction of sp³-hybridized carbons (Fsp3) is 0.385. The first-order valence-electron chi connectivity index (χ1n) is 5.90. The Hall–Kier alpha value is -1.92. The minimum Gasteiger partial charge on any atom is -0.481 e. The third-order valence-corrected chi connectivity index (χ3v) is 2.45. The van der Waals surface area contributed by atoms with Crippen molar-refractivity contribution in [3.8, 4) is 0 Å². The highest BCUT2D eigenvalue weighted by molar-refractivity contribution is 5.96. The summed E-state index contributed by atoms with van der Waals surface area (Å²) in [7, 11) is 3.95. The SMILES string of the molecule is CN(C)Cc1ccc(NC(=O)C(N)CC(=O)O)cc1. The van der Waals surface area contributed by atoms with E-state index in [1.165, 1.54) is 0 Å². The zero-order valence-electron chi connectivity index (χ0n) is 11.1. The molecule has 0 fully saturated rings. The van der Waals surface area contributed by atoms with Gasteiger partial charge in [0.15, 0.2) is 0 Å². The molecule has 19 heavy (non-hydrogen) atoms. The number of amides is 1. The third-order valence-electron chi connectivity index (χ3n) is 2.45. The van der Waals surface area contributed by atoms with Crippen LogP contribution in [0.25, 0.3) is 0 Å². The van der Waals surface area contributed by atoms with Crippen LogP contribution in [0, 0.1) is 0 Å². The fourth-order valence-electron chi connectivity index (χ4n) is 1.57. The molecule has 1 amide bonds. The quantitative estimate of drug-likeness (QED) is 0.695. The summed E-state index contributed by atoms with van der Waals surface area (Å²) in [5.41, 5.74) is 7.19. The zero-order valence-corrected chi connectivity index (χ0v) is 11.1. The number of nitrogens with zero attached hydrogens (tertiary/aromatic N) is 1. The van der Waals surface area contributed by atoms with Gasteiger partial charge in [-0.15, -0.1) is 0 Å². The van der Waals surface area contributed by atoms with E-state index in [1.807, 2.05) is 31.1 Å². The Morgan fingerprint density at radius 3 is 2.37 bits per heavy atom. The molecule has 0 radical (unpaired) electrons. The summed E-state index contributed by atoms with van der Waals surface area (Å²) in [6, 6.07) is 6.30. The lowest BCUT2D eigenvalue weighted by Crippen LogP contribution is -2.37. The number of anilines is 1. The number of nitrogens with two attached hydrogens (primary N) is 1. The molecule has 0 aliphatic rings. The minimum atomic E-state index is -1.09. The molecule has 1 rings (SSSR count). The van der Waals surface area contributed by atoms with Crippen molar-refractivity contribution in [3.05, 3.63) is 29.8 Å². The molecule has 0 aliphatic heterocycles. The number of carboxylic acids is 1. The van der Waals surface area contributed by atoms with Crippen LogP contribution < -0.4 is 11.1 Å². The van der Waals surface area contributed by atoms with E-state index in [-0.39, 0.29) is 6.42 Å². The highest BCUT2D eigenvalue weighted by Crippen LogP contribution is 2.11. The van der Waals surface area contributed by atoms with Gasteiger partial charge in [-0.3, -0.25) is 9.59 Å². The molecule has 0 saturated heterocycles. The first kappa shape index (κ1) is 15.1. The highest BCUT2D eigenvalue weighted by Gasteiger charge is 2.16. The van der Waals surface area contributed by atoms with E-state index >= 15 is 0 Å². The van der Waals surface area contributed by atoms with E-state index in [0.29, 0.717) is 5.69 Å². The van der Waals surface area contributed by atoms with Crippen LogP contribution in [0.2, 0.25) is 0 Å². The summed E-state index contributed by atoms with van der Waals surface area (Å²) >= 11 is 0. The van der Waals surface area contributed by atoms with Gasteiger partial charge in [-0.1, -0.05) is 12.1 Å². The highest BCUT2D eigenvalue weighted by atomic mass is 16.4. The second-order valence-electron chi connectivity index (χ2n) is 4.63. The predicted octanol–water partition coefficient (Wildman–Crippen LogP) is 0.489. The smallest absolute Gasteiger partial charge is 0.305 e. The van der Waals surface area contributed by atoms with E-state index in [9.17, 15) is 9.59 Å². The number of benzene rings is 1. The van der Waals surface area contributed by atoms with Crippen molar-refractivity contribution < 1.29 is 14.7 Å². The molecule has 0 spiro atoms. The van der Waals surface area contributed by atoms with Gasteiger partial charge in [-0.2, -0.15) is 0 Å². The minimum absolute atomic E-state index is 0.384. The molecule has 6 heteroatoms. The van der Waals surface area contributed by atoms with Crippen molar-refractivity contribution >= 4 is 17.6 Å². The van der Waals surface area contributed by atoms with Gasteiger partial charge in [0.2, 0.25) is 5.91 Å². The summed E-state index contributed by atoms with van der Waals surface area (Å²) in [5, 5.41) is 11.1. The number of rotatable bonds is 6. The topological polar surface area (TPSA) is 95.7 Å². The molecule has 0 bridgehead atoms. The van der Waals surface area contributed by atoms with E-state index in [4.69, 9.17) is 10.8 Å². The Kier molecular flexibility index (Phi) is 5.47. The number of hydrogen-bond acceptors (Lipinski definition) is 4. The maximum Gasteiger partial charge on any atom is 0.305 e. The van der Waals surface area contributed by atoms with Crippen molar-refractivity contribution in [3.63, 3.8) is 0 Å². The number of carbonyl (C=O) groups excluding carboxylic acids is 1. The van der Waals surface area contributed by atoms with Gasteiger partial charge in [-0.25, -0.2) is 0 Å². The predicted molar refractivity (Wildman–Crippen MR) is 72.7 cm³/mol. The molecular weight excluding hydrogens is 246 g/mol. The largest absolute Gasteiger partial charge is 0.481 e. The average molecular weight is 265 g/mol. The Morgan fingerprint density at radius 2 is 1.89 bits per heavy atom. The number of carboxylic acid groups (broad SMARTS) is 1. The van der Waals surface area contributed by atoms with Gasteiger partial charge >= 0.3 is 5.97 Å². The van der Waals surface area contributed by atoms with E-state index in [1.54, 1.807) is 12.1 Å². The molecule has 0 heterocycles. The van der Waals surface area contributed by atoms with Crippen molar-refractivity contribution in [2.24, 2.45) is 5.73 Å². The number of carbonyl (C=O) groups is 2. The third kappa shape index (κ3) is 5.50. The second-order valence-corrected chi connectivity index (χ2v) is 4.63. The van der Waals surface area contributed by atoms with Crippen molar-refractivity contribution in [1.29, 1.82) is 0 Å². The maximum absolute atomic E-state index is 11.6. The molecule has 1 atom stereocenters. The van der Waals surface area contributed by atoms with Crippen molar-refractivity contribution in [2.45, 2.75) is 19.0 Å². The number of nitrogens with one attached hydrogen (secondary N) is 1. The monoisotopic (exact) mass is 265 g/mol. The zero-order chi connectivity index (χ0) is 14.4. The summed E-state index contributed by atoms with van der Waals surface area (Å²) in [6.45, 7) is 0.812. The lowest BCUT2D eigenvalue weighted by atomic mass is 10.1. The fourth-order valence-corrected chi connectivity index (χ4v) is 1.57. The number of hydrogen-bond donors (Lipinski definition) is 3. The van der Waals surface area contributed by atoms with Gasteiger partial charge in [0.1, 0.15) is 0 Å². The second kappa shape index (κ2) is 6.86. The van der Waals surface area contributed by atoms with E-state index in [2.05, 4.69) is 5.32 Å². The Labute approximate surface area is 112 Å². The van der Waals surface area contributed by atoms with Crippen molar-refractivity contribution in [1.82, 2.24) is 4.90 Å². The molecular formula is C13H19N3O3. The van der Waals surface area contributed by atoms with Crippen LogP contribution in [0.15, 0.2) is 24.3 Å². The summed E-state index contributed by atoms with van der Waals surface area (Å²) in [6.07, 6.45) is -0.384. The van der Waals surface area contributed by atoms with Gasteiger partial charge in [-0.05, 0) is 31.8 Å². The molecule has 1 aromatic rings. The van der Waals surface area contributed by atoms with Crippen LogP contribution in [-0.4, -0.2) is 42.0 Å². The van der Waals surface area contributed by atoms with Crippen LogP contribution in [0.1, 0.15) is 12.0 Å². The van der Waals surface area contributed by atoms with Crippen LogP contribution in [-0.2, 0) is 16.1 Å². The molecule has 104 valence electrons. The average Bonchev–Trinajstić information content (AvgIpc) is 2.30. The number of aliphatic carboxylic acids is 1. The van der Waals surface area contributed by atoms with E-state index < -0.39 is 17.9 Å². The van der Waals surface area contributed by atoms with Gasteiger partial charge in [0.05, 0.1) is 12.5 Å². The molecule has 1 unspecified atom stereocenters. The first-order valence-corrected chi connectivity index (χ1v) is 5.90. The lowest BCUT2D eigenvalue weighted by molar-refractivity contribution is -0.138. The Balaban J connectivity index is 2.57. The maximum atomic E-state index is 11.6. The Bertz CT molecular complexity index is 443. The van der Waals surface area contributed by atoms with Gasteiger partial charge in [0.25, 0.3) is 0 Å².